The maximum absolute atomic E-state index is 6.10. The van der Waals surface area contributed by atoms with E-state index in [2.05, 4.69) is 59.7 Å². The number of benzene rings is 2. The van der Waals surface area contributed by atoms with Gasteiger partial charge in [-0.25, -0.2) is 0 Å². The molecule has 0 amide bonds. The first-order chi connectivity index (χ1) is 11.9. The molecule has 0 unspecified atom stereocenters. The average molecular weight is 343 g/mol. The molecule has 0 fully saturated rings. The van der Waals surface area contributed by atoms with Crippen molar-refractivity contribution in [2.75, 3.05) is 13.2 Å². The molecule has 2 nitrogen and oxygen atoms in total. The molecule has 0 aliphatic heterocycles. The van der Waals surface area contributed by atoms with E-state index >= 15 is 0 Å². The van der Waals surface area contributed by atoms with Gasteiger partial charge in [0.25, 0.3) is 0 Å². The zero-order valence-electron chi connectivity index (χ0n) is 16.8. The van der Waals surface area contributed by atoms with Gasteiger partial charge in [-0.05, 0) is 29.5 Å². The van der Waals surface area contributed by atoms with Crippen molar-refractivity contribution in [3.63, 3.8) is 0 Å². The summed E-state index contributed by atoms with van der Waals surface area (Å²) < 4.78 is 11.8. The van der Waals surface area contributed by atoms with E-state index in [-0.39, 0.29) is 5.41 Å². The average Bonchev–Trinajstić information content (AvgIpc) is 2.59. The summed E-state index contributed by atoms with van der Waals surface area (Å²) in [6, 6.07) is 16.4. The molecule has 2 aromatic carbocycles. The molecule has 0 radical (unpaired) electrons. The highest BCUT2D eigenvalue weighted by molar-refractivity contribution is 5.71. The topological polar surface area (TPSA) is 18.5 Å². The lowest BCUT2D eigenvalue weighted by molar-refractivity contribution is 0.197. The molecule has 0 saturated carbocycles. The summed E-state index contributed by atoms with van der Waals surface area (Å²) in [5, 5.41) is 0. The van der Waals surface area contributed by atoms with Crippen LogP contribution in [0.25, 0.3) is 11.1 Å². The van der Waals surface area contributed by atoms with Gasteiger partial charge < -0.3 is 9.47 Å². The molecule has 0 bridgehead atoms. The Morgan fingerprint density at radius 2 is 1.48 bits per heavy atom. The SMILES string of the molecule is CCC.CCCOc1ccc(-c2ccccc2)c(OCC(C)(C)C)c1. The summed E-state index contributed by atoms with van der Waals surface area (Å²) in [6.45, 7) is 14.3. The van der Waals surface area contributed by atoms with Gasteiger partial charge in [-0.2, -0.15) is 0 Å². The molecule has 0 aliphatic carbocycles. The van der Waals surface area contributed by atoms with Crippen LogP contribution >= 0.6 is 0 Å². The standard InChI is InChI=1S/C20H26O2.C3H8/c1-5-13-21-17-11-12-18(16-9-7-6-8-10-16)19(14-17)22-15-20(2,3)4;1-3-2/h6-12,14H,5,13,15H2,1-4H3;3H2,1-2H3. The van der Waals surface area contributed by atoms with Gasteiger partial charge in [0.2, 0.25) is 0 Å². The van der Waals surface area contributed by atoms with Crippen LogP contribution in [0.1, 0.15) is 54.4 Å². The Bertz CT molecular complexity index is 597. The lowest BCUT2D eigenvalue weighted by Gasteiger charge is -2.21. The van der Waals surface area contributed by atoms with Gasteiger partial charge in [0.1, 0.15) is 11.5 Å². The Morgan fingerprint density at radius 1 is 0.840 bits per heavy atom. The Kier molecular flexibility index (Phi) is 9.12. The van der Waals surface area contributed by atoms with E-state index in [4.69, 9.17) is 9.47 Å². The van der Waals surface area contributed by atoms with Crippen LogP contribution in [0.5, 0.6) is 11.5 Å². The molecule has 2 rings (SSSR count). The zero-order valence-corrected chi connectivity index (χ0v) is 16.8. The number of hydrogen-bond donors (Lipinski definition) is 0. The molecule has 25 heavy (non-hydrogen) atoms. The monoisotopic (exact) mass is 342 g/mol. The largest absolute Gasteiger partial charge is 0.493 e. The summed E-state index contributed by atoms with van der Waals surface area (Å²) >= 11 is 0. The third-order valence-electron chi connectivity index (χ3n) is 3.17. The second-order valence-electron chi connectivity index (χ2n) is 7.43. The summed E-state index contributed by atoms with van der Waals surface area (Å²) in [5.41, 5.74) is 2.39. The minimum absolute atomic E-state index is 0.119. The summed E-state index contributed by atoms with van der Waals surface area (Å²) in [6.07, 6.45) is 2.25. The van der Waals surface area contributed by atoms with Gasteiger partial charge in [-0.3, -0.25) is 0 Å². The Labute approximate surface area is 154 Å². The first-order valence-electron chi connectivity index (χ1n) is 9.36. The van der Waals surface area contributed by atoms with Crippen molar-refractivity contribution in [2.24, 2.45) is 5.41 Å². The zero-order chi connectivity index (χ0) is 18.7. The Morgan fingerprint density at radius 3 is 2.04 bits per heavy atom. The minimum atomic E-state index is 0.119. The van der Waals surface area contributed by atoms with E-state index in [0.29, 0.717) is 6.61 Å². The highest BCUT2D eigenvalue weighted by Gasteiger charge is 2.14. The van der Waals surface area contributed by atoms with Crippen LogP contribution in [0.2, 0.25) is 0 Å². The molecule has 2 aromatic rings. The van der Waals surface area contributed by atoms with Crippen molar-refractivity contribution >= 4 is 0 Å². The van der Waals surface area contributed by atoms with Gasteiger partial charge in [-0.15, -0.1) is 0 Å². The molecule has 0 N–H and O–H groups in total. The van der Waals surface area contributed by atoms with Crippen molar-refractivity contribution < 1.29 is 9.47 Å². The second kappa shape index (κ2) is 10.8. The van der Waals surface area contributed by atoms with Crippen LogP contribution in [0.3, 0.4) is 0 Å². The quantitative estimate of drug-likeness (QED) is 0.563. The number of rotatable bonds is 6. The highest BCUT2D eigenvalue weighted by atomic mass is 16.5. The van der Waals surface area contributed by atoms with Crippen LogP contribution in [0.4, 0.5) is 0 Å². The van der Waals surface area contributed by atoms with Crippen LogP contribution in [0.15, 0.2) is 48.5 Å². The lowest BCUT2D eigenvalue weighted by Crippen LogP contribution is -2.17. The maximum atomic E-state index is 6.10. The molecule has 0 aliphatic rings. The third-order valence-corrected chi connectivity index (χ3v) is 3.17. The van der Waals surface area contributed by atoms with Crippen molar-refractivity contribution in [3.8, 4) is 22.6 Å². The molecule has 0 saturated heterocycles. The molecule has 0 atom stereocenters. The van der Waals surface area contributed by atoms with E-state index < -0.39 is 0 Å². The first-order valence-corrected chi connectivity index (χ1v) is 9.36. The van der Waals surface area contributed by atoms with E-state index in [0.717, 1.165) is 35.7 Å². The summed E-state index contributed by atoms with van der Waals surface area (Å²) in [5.74, 6) is 1.75. The summed E-state index contributed by atoms with van der Waals surface area (Å²) in [7, 11) is 0. The molecule has 0 aromatic heterocycles. The second-order valence-corrected chi connectivity index (χ2v) is 7.43. The van der Waals surface area contributed by atoms with Gasteiger partial charge in [-0.1, -0.05) is 78.3 Å². The van der Waals surface area contributed by atoms with Crippen LogP contribution in [0, 0.1) is 5.41 Å². The molecule has 0 spiro atoms. The lowest BCUT2D eigenvalue weighted by atomic mass is 9.98. The molecular formula is C23H34O2. The number of ether oxygens (including phenoxy) is 2. The highest BCUT2D eigenvalue weighted by Crippen LogP contribution is 2.34. The smallest absolute Gasteiger partial charge is 0.130 e. The predicted molar refractivity (Wildman–Crippen MR) is 109 cm³/mol. The van der Waals surface area contributed by atoms with Crippen molar-refractivity contribution in [2.45, 2.75) is 54.4 Å². The van der Waals surface area contributed by atoms with Crippen LogP contribution in [-0.2, 0) is 0 Å². The van der Waals surface area contributed by atoms with Crippen molar-refractivity contribution in [1.82, 2.24) is 0 Å². The minimum Gasteiger partial charge on any atom is -0.493 e. The normalized spacial score (nSPS) is 10.6. The van der Waals surface area contributed by atoms with Crippen molar-refractivity contribution in [3.05, 3.63) is 48.5 Å². The molecule has 2 heteroatoms. The van der Waals surface area contributed by atoms with Gasteiger partial charge in [0, 0.05) is 11.6 Å². The van der Waals surface area contributed by atoms with Gasteiger partial charge in [0.15, 0.2) is 0 Å². The number of hydrogen-bond acceptors (Lipinski definition) is 2. The fourth-order valence-electron chi connectivity index (χ4n) is 2.08. The maximum Gasteiger partial charge on any atom is 0.130 e. The summed E-state index contributed by atoms with van der Waals surface area (Å²) in [4.78, 5) is 0. The van der Waals surface area contributed by atoms with Gasteiger partial charge in [0.05, 0.1) is 13.2 Å². The third kappa shape index (κ3) is 8.11. The fourth-order valence-corrected chi connectivity index (χ4v) is 2.08. The van der Waals surface area contributed by atoms with Gasteiger partial charge >= 0.3 is 0 Å². The van der Waals surface area contributed by atoms with E-state index in [9.17, 15) is 0 Å². The van der Waals surface area contributed by atoms with E-state index in [1.807, 2.05) is 30.3 Å². The first kappa shape index (κ1) is 21.1. The fraction of sp³-hybridized carbons (Fsp3) is 0.478. The molecule has 138 valence electrons. The van der Waals surface area contributed by atoms with Crippen LogP contribution in [-0.4, -0.2) is 13.2 Å². The Hall–Kier alpha value is -1.96. The Balaban J connectivity index is 0.000000970. The van der Waals surface area contributed by atoms with E-state index in [1.165, 1.54) is 6.42 Å². The predicted octanol–water partition coefficient (Wildman–Crippen LogP) is 6.98. The molecular weight excluding hydrogens is 308 g/mol. The van der Waals surface area contributed by atoms with Crippen LogP contribution < -0.4 is 9.47 Å². The molecule has 0 heterocycles. The van der Waals surface area contributed by atoms with E-state index in [1.54, 1.807) is 0 Å². The van der Waals surface area contributed by atoms with Crippen molar-refractivity contribution in [1.29, 1.82) is 0 Å².